The Kier molecular flexibility index (Phi) is 3.68. The highest BCUT2D eigenvalue weighted by Gasteiger charge is 2.11. The van der Waals surface area contributed by atoms with Crippen molar-refractivity contribution in [2.45, 2.75) is 26.8 Å². The van der Waals surface area contributed by atoms with Gasteiger partial charge in [-0.25, -0.2) is 0 Å². The van der Waals surface area contributed by atoms with Crippen molar-refractivity contribution in [2.24, 2.45) is 5.92 Å². The van der Waals surface area contributed by atoms with Gasteiger partial charge in [0.2, 0.25) is 5.91 Å². The van der Waals surface area contributed by atoms with E-state index < -0.39 is 0 Å². The third kappa shape index (κ3) is 3.20. The first-order valence-electron chi connectivity index (χ1n) is 4.73. The molecular formula is C10H16N2O2. The molecule has 14 heavy (non-hydrogen) atoms. The van der Waals surface area contributed by atoms with E-state index in [0.29, 0.717) is 18.9 Å². The molecule has 0 unspecified atom stereocenters. The van der Waals surface area contributed by atoms with Gasteiger partial charge in [-0.1, -0.05) is 19.0 Å². The van der Waals surface area contributed by atoms with Crippen molar-refractivity contribution in [1.82, 2.24) is 10.1 Å². The van der Waals surface area contributed by atoms with E-state index >= 15 is 0 Å². The van der Waals surface area contributed by atoms with Gasteiger partial charge in [-0.3, -0.25) is 4.79 Å². The lowest BCUT2D eigenvalue weighted by molar-refractivity contribution is -0.131. The largest absolute Gasteiger partial charge is 0.364 e. The molecule has 0 fully saturated rings. The first kappa shape index (κ1) is 10.8. The van der Waals surface area contributed by atoms with Crippen LogP contribution in [0.4, 0.5) is 0 Å². The average Bonchev–Trinajstić information content (AvgIpc) is 2.55. The van der Waals surface area contributed by atoms with Crippen molar-refractivity contribution in [3.63, 3.8) is 0 Å². The summed E-state index contributed by atoms with van der Waals surface area (Å²) in [6, 6.07) is 1.76. The van der Waals surface area contributed by atoms with Crippen LogP contribution in [0.25, 0.3) is 0 Å². The van der Waals surface area contributed by atoms with Gasteiger partial charge < -0.3 is 9.42 Å². The van der Waals surface area contributed by atoms with Crippen molar-refractivity contribution < 1.29 is 9.32 Å². The third-order valence-corrected chi connectivity index (χ3v) is 1.90. The van der Waals surface area contributed by atoms with Crippen LogP contribution in [0.5, 0.6) is 0 Å². The molecule has 0 bridgehead atoms. The first-order valence-corrected chi connectivity index (χ1v) is 4.73. The molecule has 1 amide bonds. The lowest BCUT2D eigenvalue weighted by Crippen LogP contribution is -2.27. The molecule has 0 spiro atoms. The minimum atomic E-state index is 0.142. The van der Waals surface area contributed by atoms with Gasteiger partial charge in [0, 0.05) is 19.5 Å². The van der Waals surface area contributed by atoms with Gasteiger partial charge in [0.05, 0.1) is 6.54 Å². The van der Waals surface area contributed by atoms with Gasteiger partial charge in [0.25, 0.3) is 0 Å². The normalized spacial score (nSPS) is 10.6. The van der Waals surface area contributed by atoms with E-state index in [2.05, 4.69) is 9.68 Å². The lowest BCUT2D eigenvalue weighted by atomic mass is 10.1. The fourth-order valence-corrected chi connectivity index (χ4v) is 1.16. The van der Waals surface area contributed by atoms with E-state index in [9.17, 15) is 4.79 Å². The molecule has 0 radical (unpaired) electrons. The zero-order chi connectivity index (χ0) is 10.6. The van der Waals surface area contributed by atoms with Crippen LogP contribution >= 0.6 is 0 Å². The van der Waals surface area contributed by atoms with E-state index in [1.807, 2.05) is 13.8 Å². The molecule has 0 saturated carbocycles. The molecule has 1 rings (SSSR count). The number of amides is 1. The topological polar surface area (TPSA) is 46.3 Å². The van der Waals surface area contributed by atoms with E-state index in [-0.39, 0.29) is 5.91 Å². The van der Waals surface area contributed by atoms with Crippen LogP contribution in [0.3, 0.4) is 0 Å². The van der Waals surface area contributed by atoms with Crippen LogP contribution in [0.1, 0.15) is 26.0 Å². The SMILES string of the molecule is CC(C)CC(=O)N(C)Cc1ccon1. The fraction of sp³-hybridized carbons (Fsp3) is 0.600. The van der Waals surface area contributed by atoms with Gasteiger partial charge >= 0.3 is 0 Å². The molecule has 0 aromatic carbocycles. The highest BCUT2D eigenvalue weighted by atomic mass is 16.5. The first-order chi connectivity index (χ1) is 6.59. The van der Waals surface area contributed by atoms with Crippen LogP contribution in [-0.4, -0.2) is 23.0 Å². The number of carbonyl (C=O) groups excluding carboxylic acids is 1. The Labute approximate surface area is 83.9 Å². The maximum absolute atomic E-state index is 11.5. The molecule has 0 saturated heterocycles. The van der Waals surface area contributed by atoms with Crippen LogP contribution < -0.4 is 0 Å². The van der Waals surface area contributed by atoms with Crippen molar-refractivity contribution in [1.29, 1.82) is 0 Å². The standard InChI is InChI=1S/C10H16N2O2/c1-8(2)6-10(13)12(3)7-9-4-5-14-11-9/h4-5,8H,6-7H2,1-3H3. The van der Waals surface area contributed by atoms with Gasteiger partial charge in [0.15, 0.2) is 0 Å². The highest BCUT2D eigenvalue weighted by molar-refractivity contribution is 5.75. The minimum Gasteiger partial charge on any atom is -0.364 e. The van der Waals surface area contributed by atoms with Crippen molar-refractivity contribution >= 4 is 5.91 Å². The molecule has 4 nitrogen and oxygen atoms in total. The summed E-state index contributed by atoms with van der Waals surface area (Å²) in [5.41, 5.74) is 0.782. The van der Waals surface area contributed by atoms with Crippen LogP contribution in [0.2, 0.25) is 0 Å². The molecule has 1 aromatic heterocycles. The Morgan fingerprint density at radius 2 is 2.36 bits per heavy atom. The molecule has 1 heterocycles. The number of aromatic nitrogens is 1. The zero-order valence-corrected chi connectivity index (χ0v) is 8.86. The summed E-state index contributed by atoms with van der Waals surface area (Å²) < 4.78 is 4.69. The predicted molar refractivity (Wildman–Crippen MR) is 52.4 cm³/mol. The number of carbonyl (C=O) groups is 1. The van der Waals surface area contributed by atoms with Gasteiger partial charge in [-0.2, -0.15) is 0 Å². The fourth-order valence-electron chi connectivity index (χ4n) is 1.16. The summed E-state index contributed by atoms with van der Waals surface area (Å²) in [6.07, 6.45) is 2.09. The maximum atomic E-state index is 11.5. The van der Waals surface area contributed by atoms with E-state index in [0.717, 1.165) is 5.69 Å². The third-order valence-electron chi connectivity index (χ3n) is 1.90. The molecule has 0 aliphatic rings. The number of hydrogen-bond acceptors (Lipinski definition) is 3. The van der Waals surface area contributed by atoms with Crippen molar-refractivity contribution in [3.05, 3.63) is 18.0 Å². The quantitative estimate of drug-likeness (QED) is 0.736. The second-order valence-electron chi connectivity index (χ2n) is 3.84. The molecule has 0 aliphatic heterocycles. The Morgan fingerprint density at radius 1 is 1.64 bits per heavy atom. The van der Waals surface area contributed by atoms with E-state index in [1.165, 1.54) is 6.26 Å². The van der Waals surface area contributed by atoms with Crippen molar-refractivity contribution in [3.8, 4) is 0 Å². The molecule has 0 N–H and O–H groups in total. The summed E-state index contributed by atoms with van der Waals surface area (Å²) >= 11 is 0. The predicted octanol–water partition coefficient (Wildman–Crippen LogP) is 1.68. The zero-order valence-electron chi connectivity index (χ0n) is 8.86. The molecule has 4 heteroatoms. The van der Waals surface area contributed by atoms with Gasteiger partial charge in [-0.15, -0.1) is 0 Å². The summed E-state index contributed by atoms with van der Waals surface area (Å²) in [6.45, 7) is 4.58. The highest BCUT2D eigenvalue weighted by Crippen LogP contribution is 2.06. The monoisotopic (exact) mass is 196 g/mol. The number of nitrogens with zero attached hydrogens (tertiary/aromatic N) is 2. The number of hydrogen-bond donors (Lipinski definition) is 0. The van der Waals surface area contributed by atoms with Crippen LogP contribution in [0.15, 0.2) is 16.9 Å². The molecule has 78 valence electrons. The Bertz CT molecular complexity index is 280. The lowest BCUT2D eigenvalue weighted by Gasteiger charge is -2.16. The maximum Gasteiger partial charge on any atom is 0.222 e. The smallest absolute Gasteiger partial charge is 0.222 e. The Hall–Kier alpha value is -1.32. The summed E-state index contributed by atoms with van der Waals surface area (Å²) in [5.74, 6) is 0.533. The van der Waals surface area contributed by atoms with Crippen molar-refractivity contribution in [2.75, 3.05) is 7.05 Å². The second-order valence-corrected chi connectivity index (χ2v) is 3.84. The summed E-state index contributed by atoms with van der Waals surface area (Å²) in [7, 11) is 1.78. The van der Waals surface area contributed by atoms with E-state index in [1.54, 1.807) is 18.0 Å². The van der Waals surface area contributed by atoms with Gasteiger partial charge in [-0.05, 0) is 5.92 Å². The Morgan fingerprint density at radius 3 is 2.86 bits per heavy atom. The number of rotatable bonds is 4. The Balaban J connectivity index is 2.42. The van der Waals surface area contributed by atoms with E-state index in [4.69, 9.17) is 0 Å². The molecule has 0 aliphatic carbocycles. The molecule has 0 atom stereocenters. The molecular weight excluding hydrogens is 180 g/mol. The van der Waals surface area contributed by atoms with Crippen LogP contribution in [-0.2, 0) is 11.3 Å². The minimum absolute atomic E-state index is 0.142. The summed E-state index contributed by atoms with van der Waals surface area (Å²) in [4.78, 5) is 13.2. The second kappa shape index (κ2) is 4.79. The summed E-state index contributed by atoms with van der Waals surface area (Å²) in [5, 5.41) is 3.75. The molecule has 1 aromatic rings. The van der Waals surface area contributed by atoms with Crippen LogP contribution in [0, 0.1) is 5.92 Å². The average molecular weight is 196 g/mol. The van der Waals surface area contributed by atoms with Gasteiger partial charge in [0.1, 0.15) is 12.0 Å².